The van der Waals surface area contributed by atoms with Crippen LogP contribution in [-0.4, -0.2) is 45.9 Å². The maximum absolute atomic E-state index is 12.7. The lowest BCUT2D eigenvalue weighted by Gasteiger charge is -2.29. The second-order valence-electron chi connectivity index (χ2n) is 7.93. The Bertz CT molecular complexity index is 719. The predicted octanol–water partition coefficient (Wildman–Crippen LogP) is 2.13. The molecule has 0 radical (unpaired) electrons. The van der Waals surface area contributed by atoms with Crippen LogP contribution in [0, 0.1) is 0 Å². The summed E-state index contributed by atoms with van der Waals surface area (Å²) in [7, 11) is 0. The van der Waals surface area contributed by atoms with Crippen LogP contribution in [0.4, 0.5) is 0 Å². The minimum atomic E-state index is -0.882. The Labute approximate surface area is 147 Å². The molecule has 2 aliphatic rings. The molecular formula is C19H24N2O4. The summed E-state index contributed by atoms with van der Waals surface area (Å²) >= 11 is 0. The second-order valence-corrected chi connectivity index (χ2v) is 7.93. The molecule has 0 spiro atoms. The molecule has 1 aromatic rings. The monoisotopic (exact) mass is 344 g/mol. The number of amides is 3. The van der Waals surface area contributed by atoms with Crippen molar-refractivity contribution in [1.29, 1.82) is 0 Å². The van der Waals surface area contributed by atoms with Crippen LogP contribution in [-0.2, 0) is 9.53 Å². The number of benzene rings is 1. The molecule has 3 amide bonds. The van der Waals surface area contributed by atoms with Gasteiger partial charge in [0.05, 0.1) is 28.4 Å². The molecule has 6 nitrogen and oxygen atoms in total. The summed E-state index contributed by atoms with van der Waals surface area (Å²) in [5, 5.41) is 2.96. The van der Waals surface area contributed by atoms with Crippen LogP contribution in [0.5, 0.6) is 0 Å². The topological polar surface area (TPSA) is 75.7 Å². The maximum atomic E-state index is 12.7. The Morgan fingerprint density at radius 1 is 1.16 bits per heavy atom. The number of ether oxygens (including phenoxy) is 1. The van der Waals surface area contributed by atoms with Gasteiger partial charge in [0, 0.05) is 0 Å². The van der Waals surface area contributed by atoms with Crippen molar-refractivity contribution in [2.75, 3.05) is 0 Å². The van der Waals surface area contributed by atoms with Crippen molar-refractivity contribution < 1.29 is 19.1 Å². The lowest BCUT2D eigenvalue weighted by molar-refractivity contribution is -0.127. The molecule has 6 heteroatoms. The van der Waals surface area contributed by atoms with Crippen LogP contribution in [0.25, 0.3) is 0 Å². The minimum absolute atomic E-state index is 0.187. The highest BCUT2D eigenvalue weighted by Gasteiger charge is 2.48. The highest BCUT2D eigenvalue weighted by molar-refractivity contribution is 6.22. The Hall–Kier alpha value is -2.21. The summed E-state index contributed by atoms with van der Waals surface area (Å²) in [6.45, 7) is 9.40. The summed E-state index contributed by atoms with van der Waals surface area (Å²) in [4.78, 5) is 38.8. The zero-order valence-electron chi connectivity index (χ0n) is 15.3. The van der Waals surface area contributed by atoms with E-state index in [1.165, 1.54) is 0 Å². The molecule has 1 saturated heterocycles. The Morgan fingerprint density at radius 3 is 2.12 bits per heavy atom. The van der Waals surface area contributed by atoms with Crippen molar-refractivity contribution in [1.82, 2.24) is 10.2 Å². The van der Waals surface area contributed by atoms with Gasteiger partial charge in [-0.1, -0.05) is 12.1 Å². The lowest BCUT2D eigenvalue weighted by Crippen LogP contribution is -2.54. The molecule has 2 atom stereocenters. The fraction of sp³-hybridized carbons (Fsp3) is 0.526. The van der Waals surface area contributed by atoms with Gasteiger partial charge < -0.3 is 10.1 Å². The first-order valence-electron chi connectivity index (χ1n) is 8.51. The number of nitrogens with one attached hydrogen (secondary N) is 1. The van der Waals surface area contributed by atoms with Gasteiger partial charge in [-0.25, -0.2) is 0 Å². The fourth-order valence-corrected chi connectivity index (χ4v) is 3.76. The average Bonchev–Trinajstić information content (AvgIpc) is 2.88. The van der Waals surface area contributed by atoms with Crippen molar-refractivity contribution in [3.8, 4) is 0 Å². The summed E-state index contributed by atoms with van der Waals surface area (Å²) in [5.74, 6) is -1.20. The largest absolute Gasteiger partial charge is 0.367 e. The maximum Gasteiger partial charge on any atom is 0.262 e. The van der Waals surface area contributed by atoms with Gasteiger partial charge in [-0.2, -0.15) is 0 Å². The van der Waals surface area contributed by atoms with Crippen molar-refractivity contribution in [3.05, 3.63) is 35.4 Å². The number of imide groups is 1. The second kappa shape index (κ2) is 5.66. The summed E-state index contributed by atoms with van der Waals surface area (Å²) in [5.41, 5.74) is -0.156. The summed E-state index contributed by atoms with van der Waals surface area (Å²) in [6.07, 6.45) is 0.667. The smallest absolute Gasteiger partial charge is 0.262 e. The predicted molar refractivity (Wildman–Crippen MR) is 92.2 cm³/mol. The van der Waals surface area contributed by atoms with Crippen LogP contribution in [0.2, 0.25) is 0 Å². The van der Waals surface area contributed by atoms with Crippen LogP contribution < -0.4 is 5.32 Å². The van der Waals surface area contributed by atoms with E-state index in [1.54, 1.807) is 31.2 Å². The molecule has 0 bridgehead atoms. The van der Waals surface area contributed by atoms with E-state index in [4.69, 9.17) is 4.74 Å². The molecular weight excluding hydrogens is 320 g/mol. The van der Waals surface area contributed by atoms with Crippen LogP contribution in [0.3, 0.4) is 0 Å². The van der Waals surface area contributed by atoms with Gasteiger partial charge in [0.1, 0.15) is 6.04 Å². The number of hydrogen-bond acceptors (Lipinski definition) is 4. The molecule has 0 aliphatic carbocycles. The van der Waals surface area contributed by atoms with Crippen LogP contribution in [0.1, 0.15) is 61.8 Å². The van der Waals surface area contributed by atoms with Crippen molar-refractivity contribution in [2.45, 2.75) is 64.3 Å². The lowest BCUT2D eigenvalue weighted by atomic mass is 9.94. The fourth-order valence-electron chi connectivity index (χ4n) is 3.76. The van der Waals surface area contributed by atoms with Gasteiger partial charge in [-0.3, -0.25) is 19.3 Å². The number of hydrogen-bond donors (Lipinski definition) is 1. The molecule has 0 saturated carbocycles. The molecule has 2 heterocycles. The van der Waals surface area contributed by atoms with Crippen molar-refractivity contribution >= 4 is 17.7 Å². The van der Waals surface area contributed by atoms with Crippen molar-refractivity contribution in [2.24, 2.45) is 0 Å². The van der Waals surface area contributed by atoms with Crippen molar-refractivity contribution in [3.63, 3.8) is 0 Å². The first-order valence-corrected chi connectivity index (χ1v) is 8.51. The number of fused-ring (bicyclic) bond motifs is 1. The third-order valence-corrected chi connectivity index (χ3v) is 4.98. The SMILES string of the molecule is C[C@H](C(=O)NC1CC(C)(C)OC1(C)C)N1C(=O)c2ccccc2C1=O. The standard InChI is InChI=1S/C19H24N2O4/c1-11(15(22)20-14-10-18(2,3)25-19(14,4)5)21-16(23)12-8-6-7-9-13(12)17(21)24/h6-9,11,14H,10H2,1-5H3,(H,20,22)/t11-,14?/m1/s1. The molecule has 25 heavy (non-hydrogen) atoms. The van der Waals surface area contributed by atoms with E-state index in [1.807, 2.05) is 27.7 Å². The molecule has 1 unspecified atom stereocenters. The first kappa shape index (κ1) is 17.6. The van der Waals surface area contributed by atoms with Gasteiger partial charge in [0.25, 0.3) is 11.8 Å². The van der Waals surface area contributed by atoms with Gasteiger partial charge in [0.15, 0.2) is 0 Å². The Balaban J connectivity index is 1.76. The van der Waals surface area contributed by atoms with E-state index in [2.05, 4.69) is 5.32 Å². The van der Waals surface area contributed by atoms with Gasteiger partial charge >= 0.3 is 0 Å². The Morgan fingerprint density at radius 2 is 1.68 bits per heavy atom. The molecule has 1 aromatic carbocycles. The zero-order valence-corrected chi connectivity index (χ0v) is 15.3. The zero-order chi connectivity index (χ0) is 18.6. The van der Waals surface area contributed by atoms with E-state index >= 15 is 0 Å². The molecule has 1 fully saturated rings. The third-order valence-electron chi connectivity index (χ3n) is 4.98. The van der Waals surface area contributed by atoms with Gasteiger partial charge in [-0.05, 0) is 53.2 Å². The highest BCUT2D eigenvalue weighted by Crippen LogP contribution is 2.37. The van der Waals surface area contributed by atoms with E-state index < -0.39 is 23.5 Å². The average molecular weight is 344 g/mol. The van der Waals surface area contributed by atoms with Gasteiger partial charge in [0.2, 0.25) is 5.91 Å². The molecule has 3 rings (SSSR count). The van der Waals surface area contributed by atoms with Crippen LogP contribution >= 0.6 is 0 Å². The minimum Gasteiger partial charge on any atom is -0.367 e. The number of carbonyl (C=O) groups is 3. The van der Waals surface area contributed by atoms with Crippen LogP contribution in [0.15, 0.2) is 24.3 Å². The van der Waals surface area contributed by atoms with E-state index in [0.717, 1.165) is 4.90 Å². The number of nitrogens with zero attached hydrogens (tertiary/aromatic N) is 1. The quantitative estimate of drug-likeness (QED) is 0.853. The molecule has 0 aromatic heterocycles. The first-order chi connectivity index (χ1) is 11.5. The highest BCUT2D eigenvalue weighted by atomic mass is 16.5. The normalized spacial score (nSPS) is 25.0. The Kier molecular flexibility index (Phi) is 3.99. The summed E-state index contributed by atoms with van der Waals surface area (Å²) in [6, 6.07) is 5.56. The van der Waals surface area contributed by atoms with E-state index in [9.17, 15) is 14.4 Å². The van der Waals surface area contributed by atoms with E-state index in [0.29, 0.717) is 17.5 Å². The number of rotatable bonds is 3. The third kappa shape index (κ3) is 2.95. The van der Waals surface area contributed by atoms with E-state index in [-0.39, 0.29) is 17.6 Å². The van der Waals surface area contributed by atoms with Gasteiger partial charge in [-0.15, -0.1) is 0 Å². The number of carbonyl (C=O) groups excluding carboxylic acids is 3. The summed E-state index contributed by atoms with van der Waals surface area (Å²) < 4.78 is 5.99. The molecule has 1 N–H and O–H groups in total. The molecule has 2 aliphatic heterocycles. The molecule has 134 valence electrons.